The molecule has 1 aliphatic rings. The van der Waals surface area contributed by atoms with E-state index in [9.17, 15) is 9.59 Å². The first-order chi connectivity index (χ1) is 13.6. The van der Waals surface area contributed by atoms with Crippen LogP contribution in [0.15, 0.2) is 46.6 Å². The normalized spacial score (nSPS) is 14.8. The van der Waals surface area contributed by atoms with Gasteiger partial charge >= 0.3 is 0 Å². The van der Waals surface area contributed by atoms with Gasteiger partial charge in [-0.3, -0.25) is 14.9 Å². The van der Waals surface area contributed by atoms with Crippen molar-refractivity contribution in [2.75, 3.05) is 5.32 Å². The summed E-state index contributed by atoms with van der Waals surface area (Å²) in [5, 5.41) is 9.14. The first kappa shape index (κ1) is 18.6. The molecule has 0 radical (unpaired) electrons. The quantitative estimate of drug-likeness (QED) is 0.719. The van der Waals surface area contributed by atoms with Crippen LogP contribution in [-0.2, 0) is 7.05 Å². The number of hydrogen-bond donors (Lipinski definition) is 1. The first-order valence-electron chi connectivity index (χ1n) is 9.52. The van der Waals surface area contributed by atoms with Gasteiger partial charge in [0, 0.05) is 24.1 Å². The molecule has 0 aliphatic heterocycles. The smallest absolute Gasteiger partial charge is 0.277 e. The summed E-state index contributed by atoms with van der Waals surface area (Å²) in [4.78, 5) is 28.2. The number of rotatable bonds is 4. The van der Waals surface area contributed by atoms with E-state index in [0.29, 0.717) is 11.0 Å². The minimum Gasteiger partial charge on any atom is -0.296 e. The van der Waals surface area contributed by atoms with E-state index in [-0.39, 0.29) is 17.2 Å². The molecule has 2 heterocycles. The number of anilines is 1. The SMILES string of the molecule is Cn1nc(C(=O)Nc2nc(-c3ccc(C4CCCCC4)cc3)cs2)ccc1=O. The van der Waals surface area contributed by atoms with Gasteiger partial charge in [-0.1, -0.05) is 43.5 Å². The Balaban J connectivity index is 1.45. The molecule has 0 spiro atoms. The molecule has 2 aromatic heterocycles. The molecule has 0 bridgehead atoms. The molecule has 1 saturated carbocycles. The van der Waals surface area contributed by atoms with Gasteiger partial charge in [0.1, 0.15) is 5.69 Å². The summed E-state index contributed by atoms with van der Waals surface area (Å²) in [6.45, 7) is 0. The van der Waals surface area contributed by atoms with Crippen molar-refractivity contribution in [1.82, 2.24) is 14.8 Å². The van der Waals surface area contributed by atoms with E-state index in [1.807, 2.05) is 5.38 Å². The summed E-state index contributed by atoms with van der Waals surface area (Å²) in [6.07, 6.45) is 6.57. The van der Waals surface area contributed by atoms with Crippen LogP contribution >= 0.6 is 11.3 Å². The molecule has 144 valence electrons. The zero-order valence-electron chi connectivity index (χ0n) is 15.7. The average Bonchev–Trinajstić information content (AvgIpc) is 3.19. The second-order valence-electron chi connectivity index (χ2n) is 7.13. The summed E-state index contributed by atoms with van der Waals surface area (Å²) >= 11 is 1.37. The van der Waals surface area contributed by atoms with Gasteiger partial charge in [0.2, 0.25) is 0 Å². The zero-order chi connectivity index (χ0) is 19.5. The van der Waals surface area contributed by atoms with Gasteiger partial charge in [-0.2, -0.15) is 5.10 Å². The number of hydrogen-bond acceptors (Lipinski definition) is 5. The van der Waals surface area contributed by atoms with Gasteiger partial charge in [0.15, 0.2) is 5.13 Å². The monoisotopic (exact) mass is 394 g/mol. The lowest BCUT2D eigenvalue weighted by Gasteiger charge is -2.22. The van der Waals surface area contributed by atoms with Crippen molar-refractivity contribution in [3.05, 3.63) is 63.4 Å². The minimum atomic E-state index is -0.385. The molecule has 1 aliphatic carbocycles. The minimum absolute atomic E-state index is 0.177. The van der Waals surface area contributed by atoms with Crippen molar-refractivity contribution in [2.45, 2.75) is 38.0 Å². The maximum absolute atomic E-state index is 12.3. The predicted octanol–water partition coefficient (Wildman–Crippen LogP) is 4.20. The van der Waals surface area contributed by atoms with Crippen LogP contribution in [0.5, 0.6) is 0 Å². The molecule has 1 fully saturated rings. The van der Waals surface area contributed by atoms with E-state index < -0.39 is 0 Å². The van der Waals surface area contributed by atoms with Crippen LogP contribution < -0.4 is 10.9 Å². The molecule has 0 unspecified atom stereocenters. The average molecular weight is 395 g/mol. The Morgan fingerprint density at radius 1 is 1.11 bits per heavy atom. The Bertz CT molecular complexity index is 1030. The molecule has 1 amide bonds. The van der Waals surface area contributed by atoms with Crippen LogP contribution in [-0.4, -0.2) is 20.7 Å². The maximum atomic E-state index is 12.3. The fraction of sp³-hybridized carbons (Fsp3) is 0.333. The number of benzene rings is 1. The standard InChI is InChI=1S/C21H22N4O2S/c1-25-19(26)12-11-17(24-25)20(27)23-21-22-18(13-28-21)16-9-7-15(8-10-16)14-5-3-2-4-6-14/h7-14H,2-6H2,1H3,(H,22,23,27). The molecule has 3 aromatic rings. The highest BCUT2D eigenvalue weighted by molar-refractivity contribution is 7.14. The van der Waals surface area contributed by atoms with E-state index in [0.717, 1.165) is 15.9 Å². The lowest BCUT2D eigenvalue weighted by Crippen LogP contribution is -2.23. The molecule has 6 nitrogen and oxygen atoms in total. The van der Waals surface area contributed by atoms with E-state index in [2.05, 4.69) is 39.7 Å². The van der Waals surface area contributed by atoms with Crippen LogP contribution in [0.3, 0.4) is 0 Å². The van der Waals surface area contributed by atoms with Crippen molar-refractivity contribution in [3.63, 3.8) is 0 Å². The third-order valence-electron chi connectivity index (χ3n) is 5.20. The lowest BCUT2D eigenvalue weighted by molar-refractivity contribution is 0.102. The number of thiazole rings is 1. The highest BCUT2D eigenvalue weighted by atomic mass is 32.1. The second-order valence-corrected chi connectivity index (χ2v) is 7.99. The molecule has 7 heteroatoms. The maximum Gasteiger partial charge on any atom is 0.277 e. The van der Waals surface area contributed by atoms with Crippen LogP contribution in [0.4, 0.5) is 5.13 Å². The molecule has 1 N–H and O–H groups in total. The predicted molar refractivity (Wildman–Crippen MR) is 111 cm³/mol. The highest BCUT2D eigenvalue weighted by Gasteiger charge is 2.16. The molecule has 0 atom stereocenters. The number of amides is 1. The summed E-state index contributed by atoms with van der Waals surface area (Å²) in [6, 6.07) is 11.4. The van der Waals surface area contributed by atoms with Gasteiger partial charge in [-0.05, 0) is 30.4 Å². The number of nitrogens with zero attached hydrogens (tertiary/aromatic N) is 3. The molecule has 4 rings (SSSR count). The number of nitrogens with one attached hydrogen (secondary N) is 1. The van der Waals surface area contributed by atoms with Crippen molar-refractivity contribution in [3.8, 4) is 11.3 Å². The van der Waals surface area contributed by atoms with E-state index in [1.165, 1.54) is 68.2 Å². The van der Waals surface area contributed by atoms with Gasteiger partial charge in [0.25, 0.3) is 11.5 Å². The number of aryl methyl sites for hydroxylation is 1. The van der Waals surface area contributed by atoms with Gasteiger partial charge < -0.3 is 0 Å². The third kappa shape index (κ3) is 4.04. The molecular formula is C21H22N4O2S. The zero-order valence-corrected chi connectivity index (χ0v) is 16.5. The fourth-order valence-electron chi connectivity index (χ4n) is 3.61. The number of carbonyl (C=O) groups excluding carboxylic acids is 1. The van der Waals surface area contributed by atoms with Crippen LogP contribution in [0, 0.1) is 0 Å². The van der Waals surface area contributed by atoms with Crippen molar-refractivity contribution >= 4 is 22.4 Å². The number of carbonyl (C=O) groups is 1. The van der Waals surface area contributed by atoms with E-state index in [4.69, 9.17) is 0 Å². The van der Waals surface area contributed by atoms with Gasteiger partial charge in [-0.15, -0.1) is 11.3 Å². The van der Waals surface area contributed by atoms with Gasteiger partial charge in [-0.25, -0.2) is 9.67 Å². The molecule has 0 saturated heterocycles. The lowest BCUT2D eigenvalue weighted by atomic mass is 9.84. The Kier molecular flexibility index (Phi) is 5.34. The molecule has 28 heavy (non-hydrogen) atoms. The first-order valence-corrected chi connectivity index (χ1v) is 10.4. The molecular weight excluding hydrogens is 372 g/mol. The third-order valence-corrected chi connectivity index (χ3v) is 5.96. The Labute approximate surface area is 167 Å². The van der Waals surface area contributed by atoms with Crippen LogP contribution in [0.25, 0.3) is 11.3 Å². The Hall–Kier alpha value is -2.80. The topological polar surface area (TPSA) is 76.9 Å². The second kappa shape index (κ2) is 8.06. The Morgan fingerprint density at radius 3 is 2.57 bits per heavy atom. The van der Waals surface area contributed by atoms with Crippen molar-refractivity contribution < 1.29 is 4.79 Å². The summed E-state index contributed by atoms with van der Waals surface area (Å²) in [7, 11) is 1.51. The molecule has 1 aromatic carbocycles. The summed E-state index contributed by atoms with van der Waals surface area (Å²) < 4.78 is 1.13. The summed E-state index contributed by atoms with van der Waals surface area (Å²) in [5.74, 6) is 0.298. The largest absolute Gasteiger partial charge is 0.296 e. The van der Waals surface area contributed by atoms with E-state index >= 15 is 0 Å². The van der Waals surface area contributed by atoms with Crippen molar-refractivity contribution in [1.29, 1.82) is 0 Å². The highest BCUT2D eigenvalue weighted by Crippen LogP contribution is 2.34. The summed E-state index contributed by atoms with van der Waals surface area (Å²) in [5.41, 5.74) is 3.20. The van der Waals surface area contributed by atoms with E-state index in [1.54, 1.807) is 0 Å². The van der Waals surface area contributed by atoms with Gasteiger partial charge in [0.05, 0.1) is 5.69 Å². The van der Waals surface area contributed by atoms with Crippen LogP contribution in [0.2, 0.25) is 0 Å². The fourth-order valence-corrected chi connectivity index (χ4v) is 4.32. The van der Waals surface area contributed by atoms with Crippen molar-refractivity contribution in [2.24, 2.45) is 7.05 Å². The Morgan fingerprint density at radius 2 is 1.86 bits per heavy atom. The van der Waals surface area contributed by atoms with Crippen LogP contribution in [0.1, 0.15) is 54.1 Å². The number of aromatic nitrogens is 3.